The van der Waals surface area contributed by atoms with Crippen molar-refractivity contribution in [3.8, 4) is 17.2 Å². The van der Waals surface area contributed by atoms with Gasteiger partial charge in [-0.2, -0.15) is 0 Å². The zero-order chi connectivity index (χ0) is 17.8. The van der Waals surface area contributed by atoms with Gasteiger partial charge in [-0.3, -0.25) is 4.79 Å². The Hall–Kier alpha value is -2.74. The third-order valence-corrected chi connectivity index (χ3v) is 4.00. The normalized spacial score (nSPS) is 11.8. The van der Waals surface area contributed by atoms with E-state index in [1.165, 1.54) is 7.11 Å². The molecule has 0 aromatic heterocycles. The van der Waals surface area contributed by atoms with E-state index in [1.54, 1.807) is 36.4 Å². The number of carbonyl (C=O) groups excluding carboxylic acids is 2. The van der Waals surface area contributed by atoms with Gasteiger partial charge in [-0.05, 0) is 46.3 Å². The Morgan fingerprint density at radius 2 is 1.96 bits per heavy atom. The van der Waals surface area contributed by atoms with Gasteiger partial charge in [-0.25, -0.2) is 4.79 Å². The van der Waals surface area contributed by atoms with Crippen LogP contribution in [0.25, 0.3) is 0 Å². The van der Waals surface area contributed by atoms with Crippen LogP contribution >= 0.6 is 15.9 Å². The molecule has 2 aromatic carbocycles. The van der Waals surface area contributed by atoms with Crippen molar-refractivity contribution in [1.29, 1.82) is 0 Å². The Morgan fingerprint density at radius 3 is 2.72 bits per heavy atom. The maximum Gasteiger partial charge on any atom is 0.338 e. The number of carbonyl (C=O) groups is 2. The Labute approximate surface area is 152 Å². The number of ether oxygens (including phenoxy) is 4. The first-order valence-electron chi connectivity index (χ1n) is 7.27. The first-order valence-corrected chi connectivity index (χ1v) is 8.06. The molecule has 1 amide bonds. The van der Waals surface area contributed by atoms with Crippen LogP contribution < -0.4 is 19.5 Å². The molecule has 0 unspecified atom stereocenters. The lowest BCUT2D eigenvalue weighted by Gasteiger charge is -2.08. The third kappa shape index (κ3) is 4.03. The van der Waals surface area contributed by atoms with Crippen LogP contribution in [-0.4, -0.2) is 32.4 Å². The van der Waals surface area contributed by atoms with Gasteiger partial charge in [0, 0.05) is 11.8 Å². The standard InChI is InChI=1S/C17H14BrNO6/c1-22-13-4-2-10(6-12(13)18)17(21)23-8-16(20)19-11-3-5-14-15(7-11)25-9-24-14/h2-7H,8-9H2,1H3,(H,19,20). The SMILES string of the molecule is COc1ccc(C(=O)OCC(=O)Nc2ccc3c(c2)OCO3)cc1Br. The molecule has 0 fully saturated rings. The van der Waals surface area contributed by atoms with Crippen molar-refractivity contribution in [2.75, 3.05) is 25.8 Å². The van der Waals surface area contributed by atoms with Crippen LogP contribution in [0.4, 0.5) is 5.69 Å². The molecule has 0 radical (unpaired) electrons. The minimum absolute atomic E-state index is 0.155. The number of hydrogen-bond acceptors (Lipinski definition) is 6. The third-order valence-electron chi connectivity index (χ3n) is 3.38. The summed E-state index contributed by atoms with van der Waals surface area (Å²) in [5, 5.41) is 2.63. The number of esters is 1. The second-order valence-corrected chi connectivity index (χ2v) is 5.90. The summed E-state index contributed by atoms with van der Waals surface area (Å²) in [6.45, 7) is -0.251. The average molecular weight is 408 g/mol. The van der Waals surface area contributed by atoms with E-state index < -0.39 is 18.5 Å². The summed E-state index contributed by atoms with van der Waals surface area (Å²) >= 11 is 3.29. The van der Waals surface area contributed by atoms with Crippen LogP contribution in [0.3, 0.4) is 0 Å². The molecule has 0 saturated heterocycles. The zero-order valence-corrected chi connectivity index (χ0v) is 14.8. The molecule has 1 heterocycles. The van der Waals surface area contributed by atoms with Crippen LogP contribution in [0.5, 0.6) is 17.2 Å². The first-order chi connectivity index (χ1) is 12.1. The zero-order valence-electron chi connectivity index (χ0n) is 13.2. The van der Waals surface area contributed by atoms with Gasteiger partial charge < -0.3 is 24.3 Å². The quantitative estimate of drug-likeness (QED) is 0.767. The van der Waals surface area contributed by atoms with Gasteiger partial charge in [0.1, 0.15) is 5.75 Å². The van der Waals surface area contributed by atoms with Crippen LogP contribution in [0.2, 0.25) is 0 Å². The van der Waals surface area contributed by atoms with E-state index in [0.717, 1.165) is 0 Å². The molecule has 0 saturated carbocycles. The number of benzene rings is 2. The number of halogens is 1. The molecule has 3 rings (SSSR count). The van der Waals surface area contributed by atoms with Gasteiger partial charge in [-0.1, -0.05) is 0 Å². The highest BCUT2D eigenvalue weighted by Crippen LogP contribution is 2.34. The van der Waals surface area contributed by atoms with E-state index in [9.17, 15) is 9.59 Å². The molecule has 1 aliphatic heterocycles. The molecule has 0 bridgehead atoms. The summed E-state index contributed by atoms with van der Waals surface area (Å²) in [6.07, 6.45) is 0. The Morgan fingerprint density at radius 1 is 1.16 bits per heavy atom. The number of amides is 1. The van der Waals surface area contributed by atoms with Crippen molar-refractivity contribution < 1.29 is 28.5 Å². The minimum atomic E-state index is -0.607. The van der Waals surface area contributed by atoms with E-state index in [-0.39, 0.29) is 6.79 Å². The van der Waals surface area contributed by atoms with E-state index in [1.807, 2.05) is 0 Å². The van der Waals surface area contributed by atoms with Gasteiger partial charge in [0.2, 0.25) is 6.79 Å². The number of nitrogens with one attached hydrogen (secondary N) is 1. The Bertz CT molecular complexity index is 823. The smallest absolute Gasteiger partial charge is 0.338 e. The topological polar surface area (TPSA) is 83.1 Å². The van der Waals surface area contributed by atoms with Crippen LogP contribution in [-0.2, 0) is 9.53 Å². The molecule has 2 aromatic rings. The lowest BCUT2D eigenvalue weighted by Crippen LogP contribution is -2.20. The van der Waals surface area contributed by atoms with Gasteiger partial charge in [0.15, 0.2) is 18.1 Å². The minimum Gasteiger partial charge on any atom is -0.496 e. The molecular weight excluding hydrogens is 394 g/mol. The molecule has 0 aliphatic carbocycles. The fraction of sp³-hybridized carbons (Fsp3) is 0.176. The highest BCUT2D eigenvalue weighted by Gasteiger charge is 2.15. The molecule has 0 spiro atoms. The summed E-state index contributed by atoms with van der Waals surface area (Å²) in [5.41, 5.74) is 0.834. The molecular formula is C17H14BrNO6. The van der Waals surface area contributed by atoms with E-state index in [0.29, 0.717) is 33.0 Å². The van der Waals surface area contributed by atoms with Crippen molar-refractivity contribution >= 4 is 33.5 Å². The van der Waals surface area contributed by atoms with Crippen LogP contribution in [0, 0.1) is 0 Å². The van der Waals surface area contributed by atoms with E-state index in [4.69, 9.17) is 18.9 Å². The van der Waals surface area contributed by atoms with Gasteiger partial charge in [0.25, 0.3) is 5.91 Å². The predicted octanol–water partition coefficient (Wildman–Crippen LogP) is 2.98. The Kier molecular flexibility index (Phi) is 5.08. The summed E-state index contributed by atoms with van der Waals surface area (Å²) in [6, 6.07) is 9.77. The lowest BCUT2D eigenvalue weighted by molar-refractivity contribution is -0.119. The Balaban J connectivity index is 1.55. The summed E-state index contributed by atoms with van der Waals surface area (Å²) in [5.74, 6) is 0.702. The average Bonchev–Trinajstić information content (AvgIpc) is 3.07. The molecule has 1 N–H and O–H groups in total. The number of anilines is 1. The lowest BCUT2D eigenvalue weighted by atomic mass is 10.2. The summed E-state index contributed by atoms with van der Waals surface area (Å²) < 4.78 is 21.2. The van der Waals surface area contributed by atoms with Crippen LogP contribution in [0.15, 0.2) is 40.9 Å². The van der Waals surface area contributed by atoms with Gasteiger partial charge in [-0.15, -0.1) is 0 Å². The number of rotatable bonds is 5. The molecule has 8 heteroatoms. The van der Waals surface area contributed by atoms with E-state index >= 15 is 0 Å². The summed E-state index contributed by atoms with van der Waals surface area (Å²) in [7, 11) is 1.53. The van der Waals surface area contributed by atoms with Crippen molar-refractivity contribution in [3.63, 3.8) is 0 Å². The molecule has 0 atom stereocenters. The first kappa shape index (κ1) is 17.1. The number of methoxy groups -OCH3 is 1. The highest BCUT2D eigenvalue weighted by atomic mass is 79.9. The molecule has 7 nitrogen and oxygen atoms in total. The molecule has 1 aliphatic rings. The fourth-order valence-electron chi connectivity index (χ4n) is 2.18. The second-order valence-electron chi connectivity index (χ2n) is 5.04. The summed E-state index contributed by atoms with van der Waals surface area (Å²) in [4.78, 5) is 23.9. The number of hydrogen-bond donors (Lipinski definition) is 1. The second kappa shape index (κ2) is 7.43. The van der Waals surface area contributed by atoms with Gasteiger partial charge in [0.05, 0.1) is 17.1 Å². The van der Waals surface area contributed by atoms with E-state index in [2.05, 4.69) is 21.2 Å². The maximum atomic E-state index is 12.0. The predicted molar refractivity (Wildman–Crippen MR) is 92.2 cm³/mol. The fourth-order valence-corrected chi connectivity index (χ4v) is 2.72. The maximum absolute atomic E-state index is 12.0. The molecule has 25 heavy (non-hydrogen) atoms. The molecule has 130 valence electrons. The van der Waals surface area contributed by atoms with Crippen molar-refractivity contribution in [2.45, 2.75) is 0 Å². The van der Waals surface area contributed by atoms with Crippen molar-refractivity contribution in [2.24, 2.45) is 0 Å². The van der Waals surface area contributed by atoms with Crippen LogP contribution in [0.1, 0.15) is 10.4 Å². The van der Waals surface area contributed by atoms with Crippen molar-refractivity contribution in [1.82, 2.24) is 0 Å². The van der Waals surface area contributed by atoms with Gasteiger partial charge >= 0.3 is 5.97 Å². The largest absolute Gasteiger partial charge is 0.496 e. The van der Waals surface area contributed by atoms with Crippen molar-refractivity contribution in [3.05, 3.63) is 46.4 Å². The highest BCUT2D eigenvalue weighted by molar-refractivity contribution is 9.10. The number of fused-ring (bicyclic) bond motifs is 1. The monoisotopic (exact) mass is 407 g/mol.